The molecule has 0 saturated heterocycles. The van der Waals surface area contributed by atoms with Crippen molar-refractivity contribution in [3.05, 3.63) is 44.0 Å². The third kappa shape index (κ3) is 2.83. The average molecular weight is 336 g/mol. The van der Waals surface area contributed by atoms with Crippen molar-refractivity contribution in [3.63, 3.8) is 0 Å². The minimum atomic E-state index is -0.478. The number of hydrogen-bond donors (Lipinski definition) is 1. The SMILES string of the molecule is O=C(Nc1c(Cl)cc(F)cc1Br)c1cscn1. The fourth-order valence-corrected chi connectivity index (χ4v) is 2.59. The third-order valence-corrected chi connectivity index (χ3v) is 3.42. The van der Waals surface area contributed by atoms with Crippen LogP contribution >= 0.6 is 38.9 Å². The van der Waals surface area contributed by atoms with Crippen molar-refractivity contribution in [2.45, 2.75) is 0 Å². The van der Waals surface area contributed by atoms with E-state index in [-0.39, 0.29) is 10.9 Å². The third-order valence-electron chi connectivity index (χ3n) is 1.91. The number of carbonyl (C=O) groups excluding carboxylic acids is 1. The Morgan fingerprint density at radius 1 is 1.53 bits per heavy atom. The Morgan fingerprint density at radius 2 is 2.29 bits per heavy atom. The maximum absolute atomic E-state index is 13.0. The van der Waals surface area contributed by atoms with Crippen LogP contribution < -0.4 is 5.32 Å². The second-order valence-electron chi connectivity index (χ2n) is 3.07. The van der Waals surface area contributed by atoms with Crippen LogP contribution in [0.15, 0.2) is 27.5 Å². The van der Waals surface area contributed by atoms with Gasteiger partial charge in [0, 0.05) is 9.85 Å². The molecule has 0 aliphatic heterocycles. The Labute approximate surface area is 114 Å². The summed E-state index contributed by atoms with van der Waals surface area (Å²) in [5, 5.41) is 4.31. The number of amides is 1. The normalized spacial score (nSPS) is 10.3. The number of nitrogens with one attached hydrogen (secondary N) is 1. The largest absolute Gasteiger partial charge is 0.318 e. The van der Waals surface area contributed by atoms with Gasteiger partial charge in [0.25, 0.3) is 5.91 Å². The number of halogens is 3. The summed E-state index contributed by atoms with van der Waals surface area (Å²) in [6, 6.07) is 2.35. The molecule has 1 heterocycles. The standard InChI is InChI=1S/C10H5BrClFN2OS/c11-6-1-5(13)2-7(12)9(6)15-10(16)8-3-17-4-14-8/h1-4H,(H,15,16). The molecule has 1 aromatic carbocycles. The average Bonchev–Trinajstić information content (AvgIpc) is 2.76. The maximum atomic E-state index is 13.0. The molecule has 17 heavy (non-hydrogen) atoms. The van der Waals surface area contributed by atoms with Gasteiger partial charge in [-0.2, -0.15) is 0 Å². The quantitative estimate of drug-likeness (QED) is 0.903. The van der Waals surface area contributed by atoms with Gasteiger partial charge < -0.3 is 5.32 Å². The highest BCUT2D eigenvalue weighted by Crippen LogP contribution is 2.31. The van der Waals surface area contributed by atoms with E-state index in [0.29, 0.717) is 15.9 Å². The van der Waals surface area contributed by atoms with Crippen molar-refractivity contribution in [1.29, 1.82) is 0 Å². The lowest BCUT2D eigenvalue weighted by Crippen LogP contribution is -2.13. The van der Waals surface area contributed by atoms with Gasteiger partial charge in [-0.25, -0.2) is 9.37 Å². The predicted molar refractivity (Wildman–Crippen MR) is 69.2 cm³/mol. The minimum Gasteiger partial charge on any atom is -0.318 e. The van der Waals surface area contributed by atoms with Crippen molar-refractivity contribution in [3.8, 4) is 0 Å². The molecule has 0 radical (unpaired) electrons. The molecule has 3 nitrogen and oxygen atoms in total. The molecule has 1 amide bonds. The number of aromatic nitrogens is 1. The molecule has 0 fully saturated rings. The number of benzene rings is 1. The van der Waals surface area contributed by atoms with Crippen LogP contribution in [-0.4, -0.2) is 10.9 Å². The van der Waals surface area contributed by atoms with E-state index in [1.54, 1.807) is 10.9 Å². The minimum absolute atomic E-state index is 0.125. The Morgan fingerprint density at radius 3 is 2.88 bits per heavy atom. The summed E-state index contributed by atoms with van der Waals surface area (Å²) >= 11 is 10.3. The van der Waals surface area contributed by atoms with Gasteiger partial charge in [-0.3, -0.25) is 4.79 Å². The monoisotopic (exact) mass is 334 g/mol. The van der Waals surface area contributed by atoms with Gasteiger partial charge in [-0.05, 0) is 28.1 Å². The van der Waals surface area contributed by atoms with Crippen LogP contribution in [0, 0.1) is 5.82 Å². The zero-order chi connectivity index (χ0) is 12.4. The van der Waals surface area contributed by atoms with Crippen molar-refractivity contribution < 1.29 is 9.18 Å². The number of rotatable bonds is 2. The Kier molecular flexibility index (Phi) is 3.76. The highest BCUT2D eigenvalue weighted by molar-refractivity contribution is 9.10. The van der Waals surface area contributed by atoms with Crippen LogP contribution in [0.2, 0.25) is 5.02 Å². The lowest BCUT2D eigenvalue weighted by Gasteiger charge is -2.08. The molecule has 88 valence electrons. The van der Waals surface area contributed by atoms with Gasteiger partial charge in [-0.1, -0.05) is 11.6 Å². The summed E-state index contributed by atoms with van der Waals surface area (Å²) in [7, 11) is 0. The molecule has 2 aromatic rings. The second-order valence-corrected chi connectivity index (χ2v) is 5.05. The van der Waals surface area contributed by atoms with Crippen molar-refractivity contribution >= 4 is 50.5 Å². The van der Waals surface area contributed by atoms with Gasteiger partial charge in [0.2, 0.25) is 0 Å². The summed E-state index contributed by atoms with van der Waals surface area (Å²) in [6.07, 6.45) is 0. The number of thiazole rings is 1. The van der Waals surface area contributed by atoms with Crippen LogP contribution in [0.25, 0.3) is 0 Å². The smallest absolute Gasteiger partial charge is 0.275 e. The molecule has 0 aliphatic carbocycles. The second kappa shape index (κ2) is 5.12. The van der Waals surface area contributed by atoms with Crippen LogP contribution in [0.3, 0.4) is 0 Å². The van der Waals surface area contributed by atoms with Crippen molar-refractivity contribution in [2.75, 3.05) is 5.32 Å². The van der Waals surface area contributed by atoms with E-state index >= 15 is 0 Å². The first-order valence-corrected chi connectivity index (χ1v) is 6.53. The molecule has 0 spiro atoms. The molecular formula is C10H5BrClFN2OS. The molecule has 0 saturated carbocycles. The number of anilines is 1. The van der Waals surface area contributed by atoms with E-state index in [4.69, 9.17) is 11.6 Å². The van der Waals surface area contributed by atoms with Crippen LogP contribution in [-0.2, 0) is 0 Å². The molecule has 0 aliphatic rings. The Bertz CT molecular complexity index is 538. The van der Waals surface area contributed by atoms with E-state index in [0.717, 1.165) is 6.07 Å². The maximum Gasteiger partial charge on any atom is 0.275 e. The van der Waals surface area contributed by atoms with E-state index in [9.17, 15) is 9.18 Å². The van der Waals surface area contributed by atoms with Crippen molar-refractivity contribution in [1.82, 2.24) is 4.98 Å². The molecule has 7 heteroatoms. The molecule has 0 atom stereocenters. The van der Waals surface area contributed by atoms with Gasteiger partial charge in [0.1, 0.15) is 11.5 Å². The molecule has 0 bridgehead atoms. The topological polar surface area (TPSA) is 42.0 Å². The van der Waals surface area contributed by atoms with Gasteiger partial charge in [-0.15, -0.1) is 11.3 Å². The van der Waals surface area contributed by atoms with Gasteiger partial charge >= 0.3 is 0 Å². The van der Waals surface area contributed by atoms with Crippen molar-refractivity contribution in [2.24, 2.45) is 0 Å². The lowest BCUT2D eigenvalue weighted by molar-refractivity contribution is 0.102. The number of hydrogen-bond acceptors (Lipinski definition) is 3. The van der Waals surface area contributed by atoms with E-state index in [1.807, 2.05) is 0 Å². The van der Waals surface area contributed by atoms with Gasteiger partial charge in [0.05, 0.1) is 16.2 Å². The molecule has 1 aromatic heterocycles. The fraction of sp³-hybridized carbons (Fsp3) is 0. The summed E-state index contributed by atoms with van der Waals surface area (Å²) in [4.78, 5) is 15.6. The summed E-state index contributed by atoms with van der Waals surface area (Å²) in [6.45, 7) is 0. The molecule has 0 unspecified atom stereocenters. The molecule has 2 rings (SSSR count). The fourth-order valence-electron chi connectivity index (χ4n) is 1.16. The first kappa shape index (κ1) is 12.5. The zero-order valence-electron chi connectivity index (χ0n) is 8.21. The number of nitrogens with zero attached hydrogens (tertiary/aromatic N) is 1. The highest BCUT2D eigenvalue weighted by atomic mass is 79.9. The Hall–Kier alpha value is -0.980. The summed E-state index contributed by atoms with van der Waals surface area (Å²) in [5.74, 6) is -0.867. The van der Waals surface area contributed by atoms with Gasteiger partial charge in [0.15, 0.2) is 0 Å². The summed E-state index contributed by atoms with van der Waals surface area (Å²) in [5.41, 5.74) is 2.17. The first-order valence-electron chi connectivity index (χ1n) is 4.42. The van der Waals surface area contributed by atoms with E-state index in [1.165, 1.54) is 17.4 Å². The van der Waals surface area contributed by atoms with Crippen LogP contribution in [0.1, 0.15) is 10.5 Å². The van der Waals surface area contributed by atoms with Crippen LogP contribution in [0.4, 0.5) is 10.1 Å². The van der Waals surface area contributed by atoms with Crippen LogP contribution in [0.5, 0.6) is 0 Å². The zero-order valence-corrected chi connectivity index (χ0v) is 11.4. The van der Waals surface area contributed by atoms with E-state index < -0.39 is 5.82 Å². The summed E-state index contributed by atoms with van der Waals surface area (Å²) < 4.78 is 13.4. The Balaban J connectivity index is 2.28. The van der Waals surface area contributed by atoms with E-state index in [2.05, 4.69) is 26.2 Å². The number of carbonyl (C=O) groups is 1. The molecular weight excluding hydrogens is 331 g/mol. The molecule has 1 N–H and O–H groups in total. The predicted octanol–water partition coefficient (Wildman–Crippen LogP) is 3.95. The highest BCUT2D eigenvalue weighted by Gasteiger charge is 2.13. The first-order chi connectivity index (χ1) is 8.08. The lowest BCUT2D eigenvalue weighted by atomic mass is 10.3.